The maximum absolute atomic E-state index is 5.77. The molecule has 0 saturated carbocycles. The van der Waals surface area contributed by atoms with E-state index >= 15 is 0 Å². The molecule has 21 heavy (non-hydrogen) atoms. The minimum absolute atomic E-state index is 0.715. The number of nitrogen functional groups attached to an aromatic ring is 1. The van der Waals surface area contributed by atoms with E-state index in [9.17, 15) is 0 Å². The molecule has 0 radical (unpaired) electrons. The summed E-state index contributed by atoms with van der Waals surface area (Å²) in [5.74, 6) is 0.864. The predicted octanol–water partition coefficient (Wildman–Crippen LogP) is 2.30. The summed E-state index contributed by atoms with van der Waals surface area (Å²) in [5.41, 5.74) is 7.35. The lowest BCUT2D eigenvalue weighted by Crippen LogP contribution is -2.06. The molecule has 2 heterocycles. The van der Waals surface area contributed by atoms with Gasteiger partial charge in [0, 0.05) is 36.6 Å². The van der Waals surface area contributed by atoms with Gasteiger partial charge < -0.3 is 15.6 Å². The first-order valence-electron chi connectivity index (χ1n) is 7.03. The van der Waals surface area contributed by atoms with Crippen molar-refractivity contribution in [3.63, 3.8) is 0 Å². The third-order valence-corrected chi connectivity index (χ3v) is 3.36. The normalized spacial score (nSPS) is 10.9. The molecule has 0 atom stereocenters. The number of rotatable bonds is 6. The minimum Gasteiger partial charge on any atom is -0.399 e. The Labute approximate surface area is 123 Å². The van der Waals surface area contributed by atoms with Crippen molar-refractivity contribution in [3.05, 3.63) is 43.2 Å². The molecule has 0 fully saturated rings. The van der Waals surface area contributed by atoms with E-state index in [0.29, 0.717) is 5.69 Å². The Morgan fingerprint density at radius 3 is 3.00 bits per heavy atom. The molecule has 108 valence electrons. The van der Waals surface area contributed by atoms with Crippen LogP contribution in [0, 0.1) is 0 Å². The summed E-state index contributed by atoms with van der Waals surface area (Å²) in [6.07, 6.45) is 9.36. The van der Waals surface area contributed by atoms with Gasteiger partial charge in [-0.3, -0.25) is 0 Å². The lowest BCUT2D eigenvalue weighted by Gasteiger charge is -2.08. The van der Waals surface area contributed by atoms with Gasteiger partial charge >= 0.3 is 0 Å². The second-order valence-corrected chi connectivity index (χ2v) is 4.93. The average Bonchev–Trinajstić information content (AvgIpc) is 3.00. The highest BCUT2D eigenvalue weighted by molar-refractivity contribution is 5.90. The minimum atomic E-state index is 0.715. The zero-order chi connectivity index (χ0) is 14.5. The van der Waals surface area contributed by atoms with Crippen molar-refractivity contribution in [1.29, 1.82) is 0 Å². The smallest absolute Gasteiger partial charge is 0.137 e. The largest absolute Gasteiger partial charge is 0.399 e. The number of fused-ring (bicyclic) bond motifs is 1. The van der Waals surface area contributed by atoms with Gasteiger partial charge in [-0.25, -0.2) is 15.0 Å². The molecule has 0 spiro atoms. The van der Waals surface area contributed by atoms with E-state index < -0.39 is 0 Å². The number of nitrogens with two attached hydrogens (primary N) is 1. The Hall–Kier alpha value is -2.63. The van der Waals surface area contributed by atoms with Crippen LogP contribution < -0.4 is 11.1 Å². The monoisotopic (exact) mass is 282 g/mol. The molecule has 1 aromatic carbocycles. The number of hydrogen-bond donors (Lipinski definition) is 2. The summed E-state index contributed by atoms with van der Waals surface area (Å²) in [7, 11) is 0. The molecule has 0 amide bonds. The Morgan fingerprint density at radius 2 is 2.14 bits per heavy atom. The van der Waals surface area contributed by atoms with Crippen LogP contribution in [0.5, 0.6) is 0 Å². The van der Waals surface area contributed by atoms with Crippen LogP contribution in [0.2, 0.25) is 0 Å². The fourth-order valence-corrected chi connectivity index (χ4v) is 2.26. The number of nitrogens with one attached hydrogen (secondary N) is 1. The van der Waals surface area contributed by atoms with Crippen LogP contribution in [0.4, 0.5) is 11.5 Å². The van der Waals surface area contributed by atoms with Gasteiger partial charge in [-0.2, -0.15) is 0 Å². The van der Waals surface area contributed by atoms with Crippen LogP contribution in [0.3, 0.4) is 0 Å². The van der Waals surface area contributed by atoms with Crippen LogP contribution >= 0.6 is 0 Å². The summed E-state index contributed by atoms with van der Waals surface area (Å²) in [4.78, 5) is 12.6. The zero-order valence-corrected chi connectivity index (χ0v) is 11.7. The highest BCUT2D eigenvalue weighted by Crippen LogP contribution is 2.21. The Balaban J connectivity index is 1.55. The number of nitrogens with zero attached hydrogens (tertiary/aromatic N) is 4. The molecular formula is C15H18N6. The van der Waals surface area contributed by atoms with Gasteiger partial charge in [-0.05, 0) is 31.0 Å². The van der Waals surface area contributed by atoms with Gasteiger partial charge in [0.25, 0.3) is 0 Å². The van der Waals surface area contributed by atoms with E-state index in [2.05, 4.69) is 24.8 Å². The molecule has 2 aromatic heterocycles. The lowest BCUT2D eigenvalue weighted by atomic mass is 10.2. The van der Waals surface area contributed by atoms with Crippen molar-refractivity contribution in [2.45, 2.75) is 19.4 Å². The lowest BCUT2D eigenvalue weighted by molar-refractivity contribution is 0.621. The Kier molecular flexibility index (Phi) is 3.95. The van der Waals surface area contributed by atoms with Crippen LogP contribution in [-0.4, -0.2) is 26.1 Å². The second kappa shape index (κ2) is 6.21. The van der Waals surface area contributed by atoms with Gasteiger partial charge in [-0.15, -0.1) is 0 Å². The Morgan fingerprint density at radius 1 is 1.19 bits per heavy atom. The van der Waals surface area contributed by atoms with Crippen LogP contribution in [-0.2, 0) is 6.54 Å². The van der Waals surface area contributed by atoms with E-state index in [1.54, 1.807) is 12.5 Å². The van der Waals surface area contributed by atoms with Gasteiger partial charge in [0.05, 0.1) is 11.8 Å². The zero-order valence-electron chi connectivity index (χ0n) is 11.7. The molecule has 6 nitrogen and oxygen atoms in total. The Bertz CT molecular complexity index is 707. The number of imidazole rings is 1. The summed E-state index contributed by atoms with van der Waals surface area (Å²) in [5, 5.41) is 4.37. The number of aryl methyl sites for hydroxylation is 1. The van der Waals surface area contributed by atoms with Gasteiger partial charge in [0.2, 0.25) is 0 Å². The standard InChI is InChI=1S/C15H18N6/c16-12-3-4-13-14(9-12)19-10-20-15(13)18-5-1-2-7-21-8-6-17-11-21/h3-4,6,8-11H,1-2,5,7,16H2,(H,18,19,20). The maximum atomic E-state index is 5.77. The van der Waals surface area contributed by atoms with E-state index in [0.717, 1.165) is 42.7 Å². The SMILES string of the molecule is Nc1ccc2c(NCCCCn3ccnc3)ncnc2c1. The average molecular weight is 282 g/mol. The summed E-state index contributed by atoms with van der Waals surface area (Å²) < 4.78 is 2.09. The molecule has 0 aliphatic rings. The first-order valence-corrected chi connectivity index (χ1v) is 7.03. The number of unbranched alkanes of at least 4 members (excludes halogenated alkanes) is 1. The van der Waals surface area contributed by atoms with Gasteiger partial charge in [-0.1, -0.05) is 0 Å². The van der Waals surface area contributed by atoms with E-state index in [4.69, 9.17) is 5.73 Å². The van der Waals surface area contributed by atoms with Gasteiger partial charge in [0.1, 0.15) is 12.1 Å². The topological polar surface area (TPSA) is 81.6 Å². The first-order chi connectivity index (χ1) is 10.3. The highest BCUT2D eigenvalue weighted by atomic mass is 15.0. The first kappa shape index (κ1) is 13.4. The molecular weight excluding hydrogens is 264 g/mol. The third kappa shape index (κ3) is 3.28. The van der Waals surface area contributed by atoms with Crippen molar-refractivity contribution in [2.24, 2.45) is 0 Å². The number of benzene rings is 1. The molecule has 0 unspecified atom stereocenters. The molecule has 6 heteroatoms. The van der Waals surface area contributed by atoms with Crippen molar-refractivity contribution < 1.29 is 0 Å². The number of hydrogen-bond acceptors (Lipinski definition) is 5. The summed E-state index contributed by atoms with van der Waals surface area (Å²) in [6.45, 7) is 1.87. The fourth-order valence-electron chi connectivity index (χ4n) is 2.26. The van der Waals surface area contributed by atoms with Crippen LogP contribution in [0.1, 0.15) is 12.8 Å². The van der Waals surface area contributed by atoms with E-state index in [1.165, 1.54) is 0 Å². The van der Waals surface area contributed by atoms with Crippen LogP contribution in [0.25, 0.3) is 10.9 Å². The van der Waals surface area contributed by atoms with Crippen LogP contribution in [0.15, 0.2) is 43.2 Å². The molecule has 0 aliphatic carbocycles. The highest BCUT2D eigenvalue weighted by Gasteiger charge is 2.03. The quantitative estimate of drug-likeness (QED) is 0.535. The van der Waals surface area contributed by atoms with Crippen molar-refractivity contribution in [2.75, 3.05) is 17.6 Å². The maximum Gasteiger partial charge on any atom is 0.137 e. The van der Waals surface area contributed by atoms with Crippen molar-refractivity contribution >= 4 is 22.4 Å². The van der Waals surface area contributed by atoms with Gasteiger partial charge in [0.15, 0.2) is 0 Å². The molecule has 3 N–H and O–H groups in total. The summed E-state index contributed by atoms with van der Waals surface area (Å²) >= 11 is 0. The van der Waals surface area contributed by atoms with Crippen molar-refractivity contribution in [1.82, 2.24) is 19.5 Å². The second-order valence-electron chi connectivity index (χ2n) is 4.93. The van der Waals surface area contributed by atoms with Crippen molar-refractivity contribution in [3.8, 4) is 0 Å². The van der Waals surface area contributed by atoms with E-state index in [1.807, 2.05) is 30.7 Å². The fraction of sp³-hybridized carbons (Fsp3) is 0.267. The predicted molar refractivity (Wildman–Crippen MR) is 83.9 cm³/mol. The molecule has 0 saturated heterocycles. The molecule has 3 aromatic rings. The summed E-state index contributed by atoms with van der Waals surface area (Å²) in [6, 6.07) is 5.69. The number of anilines is 2. The molecule has 0 bridgehead atoms. The number of aromatic nitrogens is 4. The third-order valence-electron chi connectivity index (χ3n) is 3.36. The molecule has 3 rings (SSSR count). The molecule has 0 aliphatic heterocycles. The van der Waals surface area contributed by atoms with E-state index in [-0.39, 0.29) is 0 Å².